The van der Waals surface area contributed by atoms with Gasteiger partial charge in [-0.05, 0) is 25.1 Å². The average molecular weight is 351 g/mol. The summed E-state index contributed by atoms with van der Waals surface area (Å²) in [5.41, 5.74) is 0.226. The number of carbonyl (C=O) groups excluding carboxylic acids is 2. The van der Waals surface area contributed by atoms with Crippen LogP contribution < -0.4 is 0 Å². The average Bonchev–Trinajstić information content (AvgIpc) is 2.49. The van der Waals surface area contributed by atoms with Gasteiger partial charge in [0.1, 0.15) is 5.82 Å². The summed E-state index contributed by atoms with van der Waals surface area (Å²) in [6.45, 7) is 1.46. The van der Waals surface area contributed by atoms with Gasteiger partial charge in [0.25, 0.3) is 0 Å². The fraction of sp³-hybridized carbons (Fsp3) is 0.125. The van der Waals surface area contributed by atoms with Gasteiger partial charge in [0, 0.05) is 10.0 Å². The van der Waals surface area contributed by atoms with Crippen molar-refractivity contribution in [1.82, 2.24) is 0 Å². The lowest BCUT2D eigenvalue weighted by molar-refractivity contribution is 0.0314. The van der Waals surface area contributed by atoms with E-state index in [9.17, 15) is 14.0 Å². The summed E-state index contributed by atoms with van der Waals surface area (Å²) < 4.78 is 19.2. The standard InChI is InChI=1S/C16H12BrFO3/c1-10(15(19)11-5-3-2-4-6-11)21-16(20)13-9-12(17)7-8-14(13)18/h2-10H,1H3. The molecule has 0 bridgehead atoms. The highest BCUT2D eigenvalue weighted by atomic mass is 79.9. The Morgan fingerprint density at radius 3 is 2.48 bits per heavy atom. The first-order chi connectivity index (χ1) is 9.99. The molecule has 3 nitrogen and oxygen atoms in total. The van der Waals surface area contributed by atoms with Crippen molar-refractivity contribution < 1.29 is 18.7 Å². The maximum Gasteiger partial charge on any atom is 0.341 e. The van der Waals surface area contributed by atoms with E-state index in [-0.39, 0.29) is 11.3 Å². The number of ketones is 1. The van der Waals surface area contributed by atoms with Crippen molar-refractivity contribution in [3.63, 3.8) is 0 Å². The maximum absolute atomic E-state index is 13.6. The van der Waals surface area contributed by atoms with Crippen LogP contribution in [0.5, 0.6) is 0 Å². The second-order valence-electron chi connectivity index (χ2n) is 4.40. The molecule has 2 rings (SSSR count). The first kappa shape index (κ1) is 15.4. The lowest BCUT2D eigenvalue weighted by Crippen LogP contribution is -2.24. The molecule has 2 aromatic rings. The van der Waals surface area contributed by atoms with E-state index in [2.05, 4.69) is 15.9 Å². The van der Waals surface area contributed by atoms with Gasteiger partial charge >= 0.3 is 5.97 Å². The zero-order valence-corrected chi connectivity index (χ0v) is 12.8. The quantitative estimate of drug-likeness (QED) is 0.617. The number of ether oxygens (including phenoxy) is 1. The Balaban J connectivity index is 2.12. The third-order valence-corrected chi connectivity index (χ3v) is 3.35. The molecule has 2 aromatic carbocycles. The van der Waals surface area contributed by atoms with Gasteiger partial charge in [-0.2, -0.15) is 0 Å². The summed E-state index contributed by atoms with van der Waals surface area (Å²) >= 11 is 3.16. The van der Waals surface area contributed by atoms with E-state index >= 15 is 0 Å². The monoisotopic (exact) mass is 350 g/mol. The zero-order chi connectivity index (χ0) is 15.4. The third kappa shape index (κ3) is 3.76. The van der Waals surface area contributed by atoms with Gasteiger partial charge in [-0.1, -0.05) is 46.3 Å². The van der Waals surface area contributed by atoms with Crippen LogP contribution in [0.1, 0.15) is 27.6 Å². The first-order valence-electron chi connectivity index (χ1n) is 6.24. The van der Waals surface area contributed by atoms with Gasteiger partial charge < -0.3 is 4.74 Å². The Kier molecular flexibility index (Phi) is 4.85. The van der Waals surface area contributed by atoms with Crippen LogP contribution in [0.4, 0.5) is 4.39 Å². The van der Waals surface area contributed by atoms with E-state index in [0.717, 1.165) is 6.07 Å². The first-order valence-corrected chi connectivity index (χ1v) is 7.03. The number of benzene rings is 2. The Bertz CT molecular complexity index is 670. The van der Waals surface area contributed by atoms with E-state index in [1.165, 1.54) is 19.1 Å². The Labute approximate surface area is 129 Å². The van der Waals surface area contributed by atoms with Crippen molar-refractivity contribution in [2.24, 2.45) is 0 Å². The number of hydrogen-bond acceptors (Lipinski definition) is 3. The fourth-order valence-corrected chi connectivity index (χ4v) is 2.13. The van der Waals surface area contributed by atoms with Crippen LogP contribution in [-0.2, 0) is 4.74 Å². The smallest absolute Gasteiger partial charge is 0.341 e. The van der Waals surface area contributed by atoms with Crippen molar-refractivity contribution in [3.05, 3.63) is 69.9 Å². The molecule has 0 aromatic heterocycles. The molecular weight excluding hydrogens is 339 g/mol. The number of halogens is 2. The van der Waals surface area contributed by atoms with Gasteiger partial charge in [-0.15, -0.1) is 0 Å². The van der Waals surface area contributed by atoms with Crippen molar-refractivity contribution >= 4 is 27.7 Å². The van der Waals surface area contributed by atoms with Gasteiger partial charge in [0.15, 0.2) is 6.10 Å². The van der Waals surface area contributed by atoms with Gasteiger partial charge in [-0.3, -0.25) is 4.79 Å². The predicted molar refractivity (Wildman–Crippen MR) is 79.8 cm³/mol. The number of Topliss-reactive ketones (excluding diaryl/α,β-unsaturated/α-hetero) is 1. The maximum atomic E-state index is 13.6. The molecule has 0 N–H and O–H groups in total. The van der Waals surface area contributed by atoms with E-state index < -0.39 is 17.9 Å². The molecule has 0 aliphatic heterocycles. The normalized spacial score (nSPS) is 11.8. The topological polar surface area (TPSA) is 43.4 Å². The Hall–Kier alpha value is -2.01. The van der Waals surface area contributed by atoms with E-state index in [1.54, 1.807) is 30.3 Å². The second-order valence-corrected chi connectivity index (χ2v) is 5.32. The molecule has 0 fully saturated rings. The molecule has 0 spiro atoms. The molecule has 0 aliphatic rings. The van der Waals surface area contributed by atoms with Crippen molar-refractivity contribution in [3.8, 4) is 0 Å². The van der Waals surface area contributed by atoms with Crippen molar-refractivity contribution in [2.45, 2.75) is 13.0 Å². The van der Waals surface area contributed by atoms with Crippen molar-refractivity contribution in [1.29, 1.82) is 0 Å². The second kappa shape index (κ2) is 6.63. The number of carbonyl (C=O) groups is 2. The number of rotatable bonds is 4. The molecule has 21 heavy (non-hydrogen) atoms. The van der Waals surface area contributed by atoms with Crippen LogP contribution in [0.2, 0.25) is 0 Å². The van der Waals surface area contributed by atoms with Crippen LogP contribution in [0.15, 0.2) is 53.0 Å². The van der Waals surface area contributed by atoms with Crippen molar-refractivity contribution in [2.75, 3.05) is 0 Å². The SMILES string of the molecule is CC(OC(=O)c1cc(Br)ccc1F)C(=O)c1ccccc1. The summed E-state index contributed by atoms with van der Waals surface area (Å²) in [5, 5.41) is 0. The van der Waals surface area contributed by atoms with Crippen LogP contribution >= 0.6 is 15.9 Å². The number of hydrogen-bond donors (Lipinski definition) is 0. The van der Waals surface area contributed by atoms with Crippen LogP contribution in [-0.4, -0.2) is 17.9 Å². The van der Waals surface area contributed by atoms with Crippen LogP contribution in [0.25, 0.3) is 0 Å². The largest absolute Gasteiger partial charge is 0.451 e. The minimum atomic E-state index is -0.988. The van der Waals surface area contributed by atoms with Gasteiger partial charge in [0.05, 0.1) is 5.56 Å². The van der Waals surface area contributed by atoms with E-state index in [4.69, 9.17) is 4.74 Å². The third-order valence-electron chi connectivity index (χ3n) is 2.86. The van der Waals surface area contributed by atoms with Crippen LogP contribution in [0.3, 0.4) is 0 Å². The molecular formula is C16H12BrFO3. The minimum Gasteiger partial charge on any atom is -0.451 e. The lowest BCUT2D eigenvalue weighted by Gasteiger charge is -2.12. The Morgan fingerprint density at radius 2 is 1.81 bits per heavy atom. The highest BCUT2D eigenvalue weighted by Gasteiger charge is 2.22. The predicted octanol–water partition coefficient (Wildman–Crippen LogP) is 4.02. The minimum absolute atomic E-state index is 0.211. The van der Waals surface area contributed by atoms with E-state index in [1.807, 2.05) is 0 Å². The lowest BCUT2D eigenvalue weighted by atomic mass is 10.1. The Morgan fingerprint density at radius 1 is 1.14 bits per heavy atom. The number of esters is 1. The van der Waals surface area contributed by atoms with Gasteiger partial charge in [0.2, 0.25) is 5.78 Å². The van der Waals surface area contributed by atoms with Crippen LogP contribution in [0, 0.1) is 5.82 Å². The summed E-state index contributed by atoms with van der Waals surface area (Å²) in [5.74, 6) is -1.90. The summed E-state index contributed by atoms with van der Waals surface area (Å²) in [6.07, 6.45) is -0.988. The molecule has 0 saturated heterocycles. The summed E-state index contributed by atoms with van der Waals surface area (Å²) in [4.78, 5) is 24.0. The van der Waals surface area contributed by atoms with E-state index in [0.29, 0.717) is 10.0 Å². The molecule has 5 heteroatoms. The molecule has 0 amide bonds. The molecule has 0 saturated carbocycles. The highest BCUT2D eigenvalue weighted by molar-refractivity contribution is 9.10. The fourth-order valence-electron chi connectivity index (χ4n) is 1.77. The molecule has 0 aliphatic carbocycles. The molecule has 1 unspecified atom stereocenters. The van der Waals surface area contributed by atoms with Gasteiger partial charge in [-0.25, -0.2) is 9.18 Å². The molecule has 0 heterocycles. The summed E-state index contributed by atoms with van der Waals surface area (Å²) in [6, 6.07) is 12.4. The molecule has 0 radical (unpaired) electrons. The molecule has 108 valence electrons. The summed E-state index contributed by atoms with van der Waals surface area (Å²) in [7, 11) is 0. The highest BCUT2D eigenvalue weighted by Crippen LogP contribution is 2.17. The molecule has 1 atom stereocenters. The zero-order valence-electron chi connectivity index (χ0n) is 11.2.